The minimum Gasteiger partial charge on any atom is -0.345 e. The smallest absolute Gasteiger partial charge is 0.234 e. The van der Waals surface area contributed by atoms with Crippen molar-refractivity contribution in [3.05, 3.63) is 30.1 Å². The molecule has 0 spiro atoms. The number of aromatic amines is 1. The first-order chi connectivity index (χ1) is 9.60. The number of fused-ring (bicyclic) bond motifs is 1. The maximum atomic E-state index is 11.8. The summed E-state index contributed by atoms with van der Waals surface area (Å²) in [5.74, 6) is 1.28. The number of benzene rings is 1. The van der Waals surface area contributed by atoms with Gasteiger partial charge in [-0.2, -0.15) is 0 Å². The number of H-pyrrole nitrogens is 1. The maximum Gasteiger partial charge on any atom is 0.234 e. The zero-order valence-electron chi connectivity index (χ0n) is 13.1. The molecule has 5 nitrogen and oxygen atoms in total. The zero-order valence-corrected chi connectivity index (χ0v) is 14.7. The van der Waals surface area contributed by atoms with Crippen molar-refractivity contribution in [1.29, 1.82) is 0 Å². The quantitative estimate of drug-likeness (QED) is 0.753. The van der Waals surface area contributed by atoms with Crippen LogP contribution in [0.5, 0.6) is 0 Å². The van der Waals surface area contributed by atoms with E-state index < -0.39 is 0 Å². The van der Waals surface area contributed by atoms with Gasteiger partial charge in [0.05, 0.1) is 23.6 Å². The largest absolute Gasteiger partial charge is 0.345 e. The van der Waals surface area contributed by atoms with Crippen molar-refractivity contribution in [2.24, 2.45) is 5.92 Å². The van der Waals surface area contributed by atoms with E-state index in [1.54, 1.807) is 7.05 Å². The van der Waals surface area contributed by atoms with Crippen LogP contribution in [-0.4, -0.2) is 29.5 Å². The molecule has 2 aromatic rings. The summed E-state index contributed by atoms with van der Waals surface area (Å²) >= 11 is 0. The van der Waals surface area contributed by atoms with Gasteiger partial charge in [-0.15, -0.1) is 24.8 Å². The zero-order chi connectivity index (χ0) is 14.5. The first-order valence-electron chi connectivity index (χ1n) is 6.98. The van der Waals surface area contributed by atoms with Crippen LogP contribution in [0.2, 0.25) is 0 Å². The summed E-state index contributed by atoms with van der Waals surface area (Å²) in [7, 11) is 1.76. The number of nitrogens with zero attached hydrogens (tertiary/aromatic N) is 1. The third kappa shape index (κ3) is 5.48. The van der Waals surface area contributed by atoms with Gasteiger partial charge in [0.25, 0.3) is 0 Å². The lowest BCUT2D eigenvalue weighted by Crippen LogP contribution is -2.36. The fraction of sp³-hybridized carbons (Fsp3) is 0.467. The van der Waals surface area contributed by atoms with Crippen molar-refractivity contribution in [2.45, 2.75) is 26.3 Å². The van der Waals surface area contributed by atoms with Crippen LogP contribution in [0.1, 0.15) is 32.1 Å². The summed E-state index contributed by atoms with van der Waals surface area (Å²) in [5, 5.41) is 5.89. The van der Waals surface area contributed by atoms with Gasteiger partial charge in [-0.05, 0) is 31.5 Å². The molecule has 0 radical (unpaired) electrons. The molecule has 0 aliphatic heterocycles. The van der Waals surface area contributed by atoms with Crippen LogP contribution in [0.15, 0.2) is 24.3 Å². The van der Waals surface area contributed by atoms with Gasteiger partial charge in [-0.1, -0.05) is 26.0 Å². The fourth-order valence-electron chi connectivity index (χ4n) is 2.25. The molecule has 1 aromatic heterocycles. The average molecular weight is 347 g/mol. The number of rotatable bonds is 6. The number of para-hydroxylation sites is 2. The molecule has 2 rings (SSSR count). The molecule has 0 saturated heterocycles. The molecule has 1 aromatic carbocycles. The molecule has 0 saturated carbocycles. The van der Waals surface area contributed by atoms with Crippen molar-refractivity contribution in [3.8, 4) is 0 Å². The van der Waals surface area contributed by atoms with E-state index in [4.69, 9.17) is 0 Å². The minimum absolute atomic E-state index is 0. The van der Waals surface area contributed by atoms with E-state index >= 15 is 0 Å². The molecule has 0 fully saturated rings. The summed E-state index contributed by atoms with van der Waals surface area (Å²) in [5.41, 5.74) is 1.93. The number of imidazole rings is 1. The van der Waals surface area contributed by atoms with E-state index in [9.17, 15) is 4.79 Å². The lowest BCUT2D eigenvalue weighted by molar-refractivity contribution is -0.121. The predicted molar refractivity (Wildman–Crippen MR) is 94.9 cm³/mol. The normalized spacial score (nSPS) is 11.6. The topological polar surface area (TPSA) is 69.8 Å². The summed E-state index contributed by atoms with van der Waals surface area (Å²) in [6.45, 7) is 4.59. The highest BCUT2D eigenvalue weighted by Gasteiger charge is 2.19. The molecule has 1 amide bonds. The number of likely N-dealkylation sites (N-methyl/N-ethyl adjacent to an activating group) is 1. The first-order valence-corrected chi connectivity index (χ1v) is 6.98. The average Bonchev–Trinajstić information content (AvgIpc) is 2.81. The van der Waals surface area contributed by atoms with Crippen molar-refractivity contribution in [2.75, 3.05) is 13.6 Å². The van der Waals surface area contributed by atoms with E-state index in [1.807, 2.05) is 24.3 Å². The Bertz CT molecular complexity index is 553. The van der Waals surface area contributed by atoms with Crippen molar-refractivity contribution in [3.63, 3.8) is 0 Å². The second kappa shape index (κ2) is 9.66. The third-order valence-corrected chi connectivity index (χ3v) is 3.12. The molecule has 0 aliphatic rings. The summed E-state index contributed by atoms with van der Waals surface area (Å²) in [6, 6.07) is 7.82. The Morgan fingerprint density at radius 3 is 2.55 bits per heavy atom. The van der Waals surface area contributed by atoms with Crippen LogP contribution in [0.25, 0.3) is 11.0 Å². The van der Waals surface area contributed by atoms with Crippen molar-refractivity contribution >= 4 is 41.8 Å². The molecule has 0 aliphatic carbocycles. The number of amides is 1. The Morgan fingerprint density at radius 1 is 1.27 bits per heavy atom. The fourth-order valence-corrected chi connectivity index (χ4v) is 2.25. The van der Waals surface area contributed by atoms with Gasteiger partial charge in [0.1, 0.15) is 5.82 Å². The number of carbonyl (C=O) groups is 1. The maximum absolute atomic E-state index is 11.8. The third-order valence-electron chi connectivity index (χ3n) is 3.12. The Hall–Kier alpha value is -1.30. The Labute approximate surface area is 143 Å². The Balaban J connectivity index is 0.00000220. The molecule has 7 heteroatoms. The van der Waals surface area contributed by atoms with E-state index in [0.29, 0.717) is 12.5 Å². The molecule has 1 heterocycles. The van der Waals surface area contributed by atoms with E-state index in [1.165, 1.54) is 0 Å². The lowest BCUT2D eigenvalue weighted by Gasteiger charge is -2.18. The molecule has 1 atom stereocenters. The molecule has 3 N–H and O–H groups in total. The van der Waals surface area contributed by atoms with Gasteiger partial charge >= 0.3 is 0 Å². The second-order valence-corrected chi connectivity index (χ2v) is 5.42. The van der Waals surface area contributed by atoms with Crippen LogP contribution in [0.3, 0.4) is 0 Å². The molecule has 22 heavy (non-hydrogen) atoms. The SMILES string of the molecule is CNCC(=O)NC(CC(C)C)c1nc2ccccc2[nH]1.Cl.Cl. The van der Waals surface area contributed by atoms with Gasteiger partial charge in [0, 0.05) is 0 Å². The number of aromatic nitrogens is 2. The molecular weight excluding hydrogens is 323 g/mol. The van der Waals surface area contributed by atoms with Gasteiger partial charge in [0.15, 0.2) is 0 Å². The number of hydrogen-bond acceptors (Lipinski definition) is 3. The highest BCUT2D eigenvalue weighted by molar-refractivity contribution is 5.85. The first kappa shape index (κ1) is 20.7. The highest BCUT2D eigenvalue weighted by atomic mass is 35.5. The van der Waals surface area contributed by atoms with Crippen molar-refractivity contribution < 1.29 is 4.79 Å². The number of nitrogens with one attached hydrogen (secondary N) is 3. The van der Waals surface area contributed by atoms with Gasteiger partial charge in [-0.25, -0.2) is 4.98 Å². The number of carbonyl (C=O) groups excluding carboxylic acids is 1. The van der Waals surface area contributed by atoms with Crippen molar-refractivity contribution in [1.82, 2.24) is 20.6 Å². The highest BCUT2D eigenvalue weighted by Crippen LogP contribution is 2.21. The van der Waals surface area contributed by atoms with Gasteiger partial charge in [0.2, 0.25) is 5.91 Å². The lowest BCUT2D eigenvalue weighted by atomic mass is 10.0. The molecule has 1 unspecified atom stereocenters. The molecule has 124 valence electrons. The second-order valence-electron chi connectivity index (χ2n) is 5.42. The summed E-state index contributed by atoms with van der Waals surface area (Å²) in [4.78, 5) is 19.7. The number of halogens is 2. The summed E-state index contributed by atoms with van der Waals surface area (Å²) < 4.78 is 0. The standard InChI is InChI=1S/C15H22N4O.2ClH/c1-10(2)8-13(17-14(20)9-16-3)15-18-11-6-4-5-7-12(11)19-15;;/h4-7,10,13,16H,8-9H2,1-3H3,(H,17,20)(H,18,19);2*1H. The summed E-state index contributed by atoms with van der Waals surface area (Å²) in [6.07, 6.45) is 0.856. The minimum atomic E-state index is -0.0803. The van der Waals surface area contributed by atoms with Gasteiger partial charge in [-0.3, -0.25) is 4.79 Å². The Morgan fingerprint density at radius 2 is 1.95 bits per heavy atom. The van der Waals surface area contributed by atoms with Crippen LogP contribution in [0.4, 0.5) is 0 Å². The Kier molecular flexibility index (Phi) is 9.09. The molecular formula is C15H24Cl2N4O. The van der Waals surface area contributed by atoms with Crippen LogP contribution in [0, 0.1) is 5.92 Å². The monoisotopic (exact) mass is 346 g/mol. The van der Waals surface area contributed by atoms with E-state index in [2.05, 4.69) is 34.4 Å². The molecule has 0 bridgehead atoms. The van der Waals surface area contributed by atoms with E-state index in [0.717, 1.165) is 23.3 Å². The van der Waals surface area contributed by atoms with E-state index in [-0.39, 0.29) is 36.8 Å². The van der Waals surface area contributed by atoms with Crippen LogP contribution >= 0.6 is 24.8 Å². The van der Waals surface area contributed by atoms with Crippen LogP contribution < -0.4 is 10.6 Å². The predicted octanol–water partition coefficient (Wildman–Crippen LogP) is 2.83. The number of hydrogen-bond donors (Lipinski definition) is 3. The van der Waals surface area contributed by atoms with Gasteiger partial charge < -0.3 is 15.6 Å². The van der Waals surface area contributed by atoms with Crippen LogP contribution in [-0.2, 0) is 4.79 Å².